The van der Waals surface area contributed by atoms with Crippen molar-refractivity contribution in [1.29, 1.82) is 0 Å². The maximum absolute atomic E-state index is 13.3. The van der Waals surface area contributed by atoms with Crippen molar-refractivity contribution in [3.8, 4) is 0 Å². The topological polar surface area (TPSA) is 73.0 Å². The van der Waals surface area contributed by atoms with Crippen LogP contribution in [0.3, 0.4) is 0 Å². The van der Waals surface area contributed by atoms with Crippen molar-refractivity contribution >= 4 is 10.0 Å². The maximum Gasteiger partial charge on any atom is 0.247 e. The highest BCUT2D eigenvalue weighted by Crippen LogP contribution is 2.34. The Labute approximate surface area is 143 Å². The van der Waals surface area contributed by atoms with Gasteiger partial charge >= 0.3 is 0 Å². The fourth-order valence-electron chi connectivity index (χ4n) is 3.32. The van der Waals surface area contributed by atoms with Gasteiger partial charge in [-0.05, 0) is 32.8 Å². The summed E-state index contributed by atoms with van der Waals surface area (Å²) in [4.78, 5) is 0.312. The Morgan fingerprint density at radius 2 is 2.04 bits per heavy atom. The van der Waals surface area contributed by atoms with Gasteiger partial charge in [0.1, 0.15) is 4.90 Å². The van der Waals surface area contributed by atoms with E-state index in [1.807, 2.05) is 26.2 Å². The smallest absolute Gasteiger partial charge is 0.247 e. The van der Waals surface area contributed by atoms with Gasteiger partial charge in [0.2, 0.25) is 10.0 Å². The molecule has 0 N–H and O–H groups in total. The predicted molar refractivity (Wildman–Crippen MR) is 90.9 cm³/mol. The monoisotopic (exact) mass is 351 g/mol. The molecule has 3 rings (SSSR count). The Kier molecular flexibility index (Phi) is 4.78. The second-order valence-corrected chi connectivity index (χ2v) is 8.19. The van der Waals surface area contributed by atoms with Crippen molar-refractivity contribution in [3.63, 3.8) is 0 Å². The average Bonchev–Trinajstić information content (AvgIpc) is 3.04. The number of hydrogen-bond donors (Lipinski definition) is 0. The number of nitrogens with zero attached hydrogens (tertiary/aromatic N) is 5. The van der Waals surface area contributed by atoms with Gasteiger partial charge in [-0.2, -0.15) is 14.5 Å². The third kappa shape index (κ3) is 3.12. The summed E-state index contributed by atoms with van der Waals surface area (Å²) in [6, 6.07) is 1.71. The van der Waals surface area contributed by atoms with Crippen molar-refractivity contribution in [3.05, 3.63) is 29.8 Å². The molecule has 7 nitrogen and oxygen atoms in total. The molecule has 8 heteroatoms. The zero-order chi connectivity index (χ0) is 17.3. The van der Waals surface area contributed by atoms with Gasteiger partial charge in [-0.15, -0.1) is 0 Å². The zero-order valence-corrected chi connectivity index (χ0v) is 15.3. The summed E-state index contributed by atoms with van der Waals surface area (Å²) in [7, 11) is -1.74. The van der Waals surface area contributed by atoms with Gasteiger partial charge < -0.3 is 0 Å². The molecule has 2 aromatic heterocycles. The second kappa shape index (κ2) is 6.68. The molecule has 2 aromatic rings. The van der Waals surface area contributed by atoms with Crippen LogP contribution in [0.4, 0.5) is 0 Å². The highest BCUT2D eigenvalue weighted by Gasteiger charge is 2.36. The molecular weight excluding hydrogens is 326 g/mol. The molecule has 1 fully saturated rings. The summed E-state index contributed by atoms with van der Waals surface area (Å²) < 4.78 is 31.7. The summed E-state index contributed by atoms with van der Waals surface area (Å²) >= 11 is 0. The molecule has 0 bridgehead atoms. The van der Waals surface area contributed by atoms with Crippen molar-refractivity contribution in [2.75, 3.05) is 6.54 Å². The third-order valence-electron chi connectivity index (χ3n) is 4.59. The zero-order valence-electron chi connectivity index (χ0n) is 14.5. The molecule has 0 aromatic carbocycles. The molecule has 0 amide bonds. The van der Waals surface area contributed by atoms with Crippen LogP contribution in [0.25, 0.3) is 0 Å². The fourth-order valence-corrected chi connectivity index (χ4v) is 5.16. The van der Waals surface area contributed by atoms with Crippen LogP contribution in [0.2, 0.25) is 0 Å². The van der Waals surface area contributed by atoms with Crippen LogP contribution < -0.4 is 0 Å². The van der Waals surface area contributed by atoms with E-state index in [4.69, 9.17) is 0 Å². The lowest BCUT2D eigenvalue weighted by Crippen LogP contribution is -2.35. The van der Waals surface area contributed by atoms with Crippen molar-refractivity contribution in [2.45, 2.75) is 57.0 Å². The molecule has 1 saturated heterocycles. The van der Waals surface area contributed by atoms with Crippen molar-refractivity contribution in [2.24, 2.45) is 7.05 Å². The van der Waals surface area contributed by atoms with Gasteiger partial charge in [0.15, 0.2) is 0 Å². The molecule has 3 heterocycles. The van der Waals surface area contributed by atoms with E-state index in [0.717, 1.165) is 31.4 Å². The summed E-state index contributed by atoms with van der Waals surface area (Å²) in [5, 5.41) is 8.77. The number of sulfonamides is 1. The quantitative estimate of drug-likeness (QED) is 0.847. The van der Waals surface area contributed by atoms with Crippen LogP contribution in [0.5, 0.6) is 0 Å². The van der Waals surface area contributed by atoms with Gasteiger partial charge in [0.25, 0.3) is 0 Å². The molecule has 132 valence electrons. The van der Waals surface area contributed by atoms with Gasteiger partial charge in [-0.1, -0.05) is 12.8 Å². The molecule has 1 atom stereocenters. The van der Waals surface area contributed by atoms with E-state index < -0.39 is 10.0 Å². The molecule has 1 aliphatic rings. The first kappa shape index (κ1) is 17.2. The first-order valence-electron chi connectivity index (χ1n) is 8.49. The summed E-state index contributed by atoms with van der Waals surface area (Å²) in [5.74, 6) is 0. The first-order chi connectivity index (χ1) is 11.4. The molecule has 0 unspecified atom stereocenters. The van der Waals surface area contributed by atoms with Gasteiger partial charge in [0, 0.05) is 32.5 Å². The van der Waals surface area contributed by atoms with Crippen LogP contribution >= 0.6 is 0 Å². The maximum atomic E-state index is 13.3. The number of hydrogen-bond acceptors (Lipinski definition) is 4. The highest BCUT2D eigenvalue weighted by atomic mass is 32.2. The number of aromatic nitrogens is 4. The molecule has 24 heavy (non-hydrogen) atoms. The minimum absolute atomic E-state index is 0.205. The van der Waals surface area contributed by atoms with E-state index in [-0.39, 0.29) is 6.04 Å². The highest BCUT2D eigenvalue weighted by molar-refractivity contribution is 7.89. The second-order valence-electron chi connectivity index (χ2n) is 6.33. The molecule has 0 saturated carbocycles. The lowest BCUT2D eigenvalue weighted by Gasteiger charge is -2.27. The number of aryl methyl sites for hydroxylation is 3. The third-order valence-corrected chi connectivity index (χ3v) is 6.60. The van der Waals surface area contributed by atoms with Crippen LogP contribution in [0, 0.1) is 6.92 Å². The molecule has 1 aliphatic heterocycles. The minimum atomic E-state index is -3.59. The van der Waals surface area contributed by atoms with Gasteiger partial charge in [-0.25, -0.2) is 8.42 Å². The largest absolute Gasteiger partial charge is 0.275 e. The van der Waals surface area contributed by atoms with E-state index >= 15 is 0 Å². The SMILES string of the molecule is CCn1cc(S(=O)(=O)N2CCCCC[C@@H]2c2ccn(C)n2)c(C)n1. The van der Waals surface area contributed by atoms with Crippen LogP contribution in [-0.2, 0) is 23.6 Å². The van der Waals surface area contributed by atoms with E-state index in [1.165, 1.54) is 0 Å². The summed E-state index contributed by atoms with van der Waals surface area (Å²) in [5.41, 5.74) is 1.38. The van der Waals surface area contributed by atoms with E-state index in [9.17, 15) is 8.42 Å². The van der Waals surface area contributed by atoms with Crippen LogP contribution in [0.1, 0.15) is 50.0 Å². The van der Waals surface area contributed by atoms with E-state index in [0.29, 0.717) is 23.7 Å². The van der Waals surface area contributed by atoms with Crippen LogP contribution in [-0.4, -0.2) is 38.8 Å². The lowest BCUT2D eigenvalue weighted by molar-refractivity contribution is 0.321. The summed E-state index contributed by atoms with van der Waals surface area (Å²) in [6.45, 7) is 4.89. The van der Waals surface area contributed by atoms with Crippen molar-refractivity contribution < 1.29 is 8.42 Å². The molecule has 0 spiro atoms. The Bertz CT molecular complexity index is 808. The standard InChI is InChI=1S/C16H25N5O2S/c1-4-20-12-16(13(2)17-20)24(22,23)21-10-7-5-6-8-15(21)14-9-11-19(3)18-14/h9,11-12,15H,4-8,10H2,1-3H3/t15-/m1/s1. The predicted octanol–water partition coefficient (Wildman–Crippen LogP) is 2.25. The molecule has 0 radical (unpaired) electrons. The average molecular weight is 351 g/mol. The van der Waals surface area contributed by atoms with Crippen molar-refractivity contribution in [1.82, 2.24) is 23.9 Å². The van der Waals surface area contributed by atoms with Gasteiger partial charge in [0.05, 0.1) is 17.4 Å². The molecular formula is C16H25N5O2S. The lowest BCUT2D eigenvalue weighted by atomic mass is 10.1. The Hall–Kier alpha value is -1.67. The Morgan fingerprint density at radius 1 is 1.25 bits per heavy atom. The normalized spacial score (nSPS) is 20.2. The van der Waals surface area contributed by atoms with E-state index in [1.54, 1.807) is 26.8 Å². The van der Waals surface area contributed by atoms with Crippen LogP contribution in [0.15, 0.2) is 23.4 Å². The number of rotatable bonds is 4. The Balaban J connectivity index is 2.03. The first-order valence-corrected chi connectivity index (χ1v) is 9.93. The fraction of sp³-hybridized carbons (Fsp3) is 0.625. The minimum Gasteiger partial charge on any atom is -0.275 e. The van der Waals surface area contributed by atoms with Gasteiger partial charge in [-0.3, -0.25) is 9.36 Å². The van der Waals surface area contributed by atoms with E-state index in [2.05, 4.69) is 10.2 Å². The Morgan fingerprint density at radius 3 is 2.67 bits per heavy atom. The summed E-state index contributed by atoms with van der Waals surface area (Å²) in [6.07, 6.45) is 7.25. The molecule has 0 aliphatic carbocycles.